The summed E-state index contributed by atoms with van der Waals surface area (Å²) in [5.74, 6) is 0. The maximum absolute atomic E-state index is 10.6. The van der Waals surface area contributed by atoms with Crippen LogP contribution in [0.2, 0.25) is 0 Å². The van der Waals surface area contributed by atoms with Crippen LogP contribution >= 0.6 is 0 Å². The van der Waals surface area contributed by atoms with E-state index < -0.39 is 0 Å². The van der Waals surface area contributed by atoms with Gasteiger partial charge in [0, 0.05) is 24.3 Å². The monoisotopic (exact) mass is 166 g/mol. The highest BCUT2D eigenvalue weighted by Crippen LogP contribution is 1.96. The van der Waals surface area contributed by atoms with Crippen molar-refractivity contribution in [3.05, 3.63) is 35.3 Å². The van der Waals surface area contributed by atoms with Gasteiger partial charge < -0.3 is 15.7 Å². The lowest BCUT2D eigenvalue weighted by Gasteiger charge is -2.00. The third kappa shape index (κ3) is 2.32. The molecule has 4 heteroatoms. The molecule has 0 radical (unpaired) electrons. The Hall–Kier alpha value is -1.42. The van der Waals surface area contributed by atoms with E-state index >= 15 is 0 Å². The molecule has 1 rings (SSSR count). The summed E-state index contributed by atoms with van der Waals surface area (Å²) in [6, 6.07) is 3.27. The van der Waals surface area contributed by atoms with Crippen LogP contribution in [-0.4, -0.2) is 17.4 Å². The molecule has 1 heterocycles. The van der Waals surface area contributed by atoms with E-state index in [1.807, 2.05) is 0 Å². The van der Waals surface area contributed by atoms with Crippen LogP contribution in [0.4, 0.5) is 0 Å². The average molecular weight is 166 g/mol. The molecular weight excluding hydrogens is 156 g/mol. The summed E-state index contributed by atoms with van der Waals surface area (Å²) in [5, 5.41) is 26.3. The zero-order valence-corrected chi connectivity index (χ0v) is 6.53. The minimum atomic E-state index is -0.230. The van der Waals surface area contributed by atoms with Crippen LogP contribution in [0.3, 0.4) is 0 Å². The van der Waals surface area contributed by atoms with E-state index in [-0.39, 0.29) is 12.3 Å². The van der Waals surface area contributed by atoms with Gasteiger partial charge in [-0.15, -0.1) is 0 Å². The van der Waals surface area contributed by atoms with Crippen molar-refractivity contribution in [2.45, 2.75) is 6.42 Å². The maximum Gasteiger partial charge on any atom is 0.180 e. The van der Waals surface area contributed by atoms with Gasteiger partial charge in [-0.3, -0.25) is 0 Å². The smallest absolute Gasteiger partial charge is 0.180 e. The Morgan fingerprint density at radius 2 is 2.08 bits per heavy atom. The van der Waals surface area contributed by atoms with Gasteiger partial charge in [0.25, 0.3) is 0 Å². The van der Waals surface area contributed by atoms with Gasteiger partial charge in [0.05, 0.1) is 6.61 Å². The van der Waals surface area contributed by atoms with Crippen molar-refractivity contribution in [3.8, 4) is 0 Å². The highest BCUT2D eigenvalue weighted by Gasteiger charge is 1.98. The summed E-state index contributed by atoms with van der Waals surface area (Å²) >= 11 is 0. The molecule has 1 aromatic heterocycles. The second kappa shape index (κ2) is 3.82. The molecule has 0 saturated carbocycles. The summed E-state index contributed by atoms with van der Waals surface area (Å²) in [7, 11) is 0. The van der Waals surface area contributed by atoms with Crippen molar-refractivity contribution < 1.29 is 9.84 Å². The van der Waals surface area contributed by atoms with Gasteiger partial charge >= 0.3 is 0 Å². The molecule has 4 nitrogen and oxygen atoms in total. The fourth-order valence-electron chi connectivity index (χ4n) is 0.864. The van der Waals surface area contributed by atoms with Crippen LogP contribution in [-0.2, 0) is 6.42 Å². The lowest BCUT2D eigenvalue weighted by molar-refractivity contribution is -0.605. The Morgan fingerprint density at radius 3 is 2.58 bits per heavy atom. The van der Waals surface area contributed by atoms with E-state index in [2.05, 4.69) is 0 Å². The number of rotatable bonds is 3. The zero-order valence-electron chi connectivity index (χ0n) is 6.53. The predicted octanol–water partition coefficient (Wildman–Crippen LogP) is -0.125. The van der Waals surface area contributed by atoms with Crippen LogP contribution < -0.4 is 4.73 Å². The highest BCUT2D eigenvalue weighted by atomic mass is 16.5. The molecule has 0 aromatic carbocycles. The molecule has 1 aromatic rings. The van der Waals surface area contributed by atoms with E-state index in [9.17, 15) is 5.21 Å². The molecule has 0 aliphatic rings. The minimum Gasteiger partial charge on any atom is -0.619 e. The van der Waals surface area contributed by atoms with Crippen LogP contribution in [0.15, 0.2) is 24.5 Å². The van der Waals surface area contributed by atoms with Gasteiger partial charge in [-0.1, -0.05) is 0 Å². The van der Waals surface area contributed by atoms with Crippen molar-refractivity contribution >= 4 is 5.71 Å². The van der Waals surface area contributed by atoms with Gasteiger partial charge in [0.2, 0.25) is 0 Å². The standard InChI is InChI=1S/C8H10N2O2/c9-8(6-11)5-7-1-3-10(12)4-2-7/h1-4,9,11H,5-6H2. The van der Waals surface area contributed by atoms with E-state index in [1.54, 1.807) is 12.1 Å². The Kier molecular flexibility index (Phi) is 2.76. The summed E-state index contributed by atoms with van der Waals surface area (Å²) in [5.41, 5.74) is 1.11. The first-order chi connectivity index (χ1) is 5.72. The summed E-state index contributed by atoms with van der Waals surface area (Å²) in [6.07, 6.45) is 3.15. The Balaban J connectivity index is 2.64. The zero-order chi connectivity index (χ0) is 8.97. The molecule has 0 aliphatic heterocycles. The Bertz CT molecular complexity index is 269. The first-order valence-corrected chi connectivity index (χ1v) is 3.57. The second-order valence-electron chi connectivity index (χ2n) is 2.50. The number of aromatic nitrogens is 1. The van der Waals surface area contributed by atoms with Crippen LogP contribution in [0.5, 0.6) is 0 Å². The number of aliphatic hydroxyl groups excluding tert-OH is 1. The van der Waals surface area contributed by atoms with Crippen LogP contribution in [0, 0.1) is 10.6 Å². The van der Waals surface area contributed by atoms with Crippen molar-refractivity contribution in [1.82, 2.24) is 0 Å². The van der Waals surface area contributed by atoms with Gasteiger partial charge in [-0.2, -0.15) is 4.73 Å². The van der Waals surface area contributed by atoms with Crippen molar-refractivity contribution in [2.75, 3.05) is 6.61 Å². The molecule has 0 unspecified atom stereocenters. The van der Waals surface area contributed by atoms with Gasteiger partial charge in [-0.25, -0.2) is 0 Å². The molecule has 0 spiro atoms. The second-order valence-corrected chi connectivity index (χ2v) is 2.50. The first kappa shape index (κ1) is 8.67. The molecule has 2 N–H and O–H groups in total. The molecule has 12 heavy (non-hydrogen) atoms. The SMILES string of the molecule is N=C(CO)Cc1cc[n+]([O-])cc1. The summed E-state index contributed by atoms with van der Waals surface area (Å²) in [4.78, 5) is 0. The number of hydrogen-bond donors (Lipinski definition) is 2. The molecule has 0 bridgehead atoms. The van der Waals surface area contributed by atoms with Gasteiger partial charge in [-0.05, 0) is 5.56 Å². The lowest BCUT2D eigenvalue weighted by Crippen LogP contribution is -2.24. The third-order valence-corrected chi connectivity index (χ3v) is 1.48. The highest BCUT2D eigenvalue weighted by molar-refractivity contribution is 5.84. The van der Waals surface area contributed by atoms with E-state index in [4.69, 9.17) is 10.5 Å². The van der Waals surface area contributed by atoms with Crippen LogP contribution in [0.25, 0.3) is 0 Å². The normalized spacial score (nSPS) is 9.75. The van der Waals surface area contributed by atoms with E-state index in [0.29, 0.717) is 11.2 Å². The molecule has 0 atom stereocenters. The van der Waals surface area contributed by atoms with Gasteiger partial charge in [0.1, 0.15) is 0 Å². The fourth-order valence-corrected chi connectivity index (χ4v) is 0.864. The molecule has 0 fully saturated rings. The summed E-state index contributed by atoms with van der Waals surface area (Å²) < 4.78 is 0.687. The number of aliphatic hydroxyl groups is 1. The number of pyridine rings is 1. The maximum atomic E-state index is 10.6. The van der Waals surface area contributed by atoms with Gasteiger partial charge in [0.15, 0.2) is 12.4 Å². The van der Waals surface area contributed by atoms with Crippen molar-refractivity contribution in [1.29, 1.82) is 5.41 Å². The molecule has 0 aliphatic carbocycles. The largest absolute Gasteiger partial charge is 0.619 e. The Labute approximate surface area is 70.2 Å². The van der Waals surface area contributed by atoms with Crippen molar-refractivity contribution in [2.24, 2.45) is 0 Å². The number of nitrogens with one attached hydrogen (secondary N) is 1. The lowest BCUT2D eigenvalue weighted by atomic mass is 10.1. The molecule has 64 valence electrons. The van der Waals surface area contributed by atoms with E-state index in [0.717, 1.165) is 5.56 Å². The van der Waals surface area contributed by atoms with Crippen LogP contribution in [0.1, 0.15) is 5.56 Å². The molecule has 0 amide bonds. The predicted molar refractivity (Wildman–Crippen MR) is 43.9 cm³/mol. The Morgan fingerprint density at radius 1 is 1.50 bits per heavy atom. The van der Waals surface area contributed by atoms with E-state index in [1.165, 1.54) is 12.4 Å². The number of hydrogen-bond acceptors (Lipinski definition) is 3. The molecule has 0 saturated heterocycles. The quantitative estimate of drug-likeness (QED) is 0.373. The first-order valence-electron chi connectivity index (χ1n) is 3.57. The fraction of sp³-hybridized carbons (Fsp3) is 0.250. The minimum absolute atomic E-state index is 0.230. The third-order valence-electron chi connectivity index (χ3n) is 1.48. The molecular formula is C8H10N2O2. The average Bonchev–Trinajstić information content (AvgIpc) is 2.09. The summed E-state index contributed by atoms with van der Waals surface area (Å²) in [6.45, 7) is -0.230. The van der Waals surface area contributed by atoms with Crippen molar-refractivity contribution in [3.63, 3.8) is 0 Å². The number of nitrogens with zero attached hydrogens (tertiary/aromatic N) is 1. The topological polar surface area (TPSA) is 71.0 Å².